The van der Waals surface area contributed by atoms with Crippen LogP contribution in [0.4, 0.5) is 5.69 Å². The predicted octanol–water partition coefficient (Wildman–Crippen LogP) is 6.37. The molecular formula is C32H39BrClN3O4S. The molecular weight excluding hydrogens is 638 g/mol. The smallest absolute Gasteiger partial charge is 0.243 e. The molecule has 0 spiro atoms. The van der Waals surface area contributed by atoms with E-state index < -0.39 is 16.1 Å². The van der Waals surface area contributed by atoms with Crippen molar-refractivity contribution in [2.45, 2.75) is 52.6 Å². The van der Waals surface area contributed by atoms with Gasteiger partial charge in [-0.3, -0.25) is 13.9 Å². The van der Waals surface area contributed by atoms with Crippen LogP contribution in [-0.4, -0.2) is 50.5 Å². The third-order valence-electron chi connectivity index (χ3n) is 6.88. The van der Waals surface area contributed by atoms with Crippen LogP contribution in [0.1, 0.15) is 43.4 Å². The van der Waals surface area contributed by atoms with Crippen molar-refractivity contribution in [1.29, 1.82) is 0 Å². The third-order valence-corrected chi connectivity index (χ3v) is 9.00. The maximum absolute atomic E-state index is 13.9. The molecule has 0 saturated carbocycles. The van der Waals surface area contributed by atoms with E-state index in [0.717, 1.165) is 21.9 Å². The minimum atomic E-state index is -3.63. The minimum Gasteiger partial charge on any atom is -0.354 e. The molecule has 42 heavy (non-hydrogen) atoms. The standard InChI is InChI=1S/C32H39BrClN3O4S/c1-23(2)21-35-32(39)30(20-25-10-6-5-7-11-25)36(22-26-15-17-27(33)18-16-26)31(38)14-9-19-37(42(4,40)41)29-13-8-12-28(34)24(29)3/h5-8,10-13,15-18,23,30H,9,14,19-22H2,1-4H3,(H,35,39)/t30-/m0/s1. The highest BCUT2D eigenvalue weighted by Gasteiger charge is 2.30. The van der Waals surface area contributed by atoms with E-state index in [4.69, 9.17) is 11.6 Å². The molecule has 0 aliphatic carbocycles. The topological polar surface area (TPSA) is 86.8 Å². The van der Waals surface area contributed by atoms with Crippen LogP contribution in [0, 0.1) is 12.8 Å². The van der Waals surface area contributed by atoms with E-state index in [2.05, 4.69) is 21.2 Å². The highest BCUT2D eigenvalue weighted by Crippen LogP contribution is 2.28. The number of sulfonamides is 1. The molecule has 0 aliphatic heterocycles. The van der Waals surface area contributed by atoms with Crippen LogP contribution >= 0.6 is 27.5 Å². The normalized spacial score (nSPS) is 12.2. The summed E-state index contributed by atoms with van der Waals surface area (Å²) in [5.41, 5.74) is 2.96. The third kappa shape index (κ3) is 9.85. The first-order valence-electron chi connectivity index (χ1n) is 13.9. The summed E-state index contributed by atoms with van der Waals surface area (Å²) < 4.78 is 27.7. The van der Waals surface area contributed by atoms with Gasteiger partial charge in [0.2, 0.25) is 21.8 Å². The molecule has 2 amide bonds. The molecule has 0 radical (unpaired) electrons. The lowest BCUT2D eigenvalue weighted by molar-refractivity contribution is -0.141. The molecule has 10 heteroatoms. The van der Waals surface area contributed by atoms with E-state index in [0.29, 0.717) is 29.2 Å². The van der Waals surface area contributed by atoms with E-state index >= 15 is 0 Å². The number of anilines is 1. The molecule has 1 N–H and O–H groups in total. The highest BCUT2D eigenvalue weighted by molar-refractivity contribution is 9.10. The van der Waals surface area contributed by atoms with Crippen molar-refractivity contribution in [2.75, 3.05) is 23.7 Å². The van der Waals surface area contributed by atoms with E-state index in [1.165, 1.54) is 4.31 Å². The Morgan fingerprint density at radius 1 is 0.952 bits per heavy atom. The van der Waals surface area contributed by atoms with Crippen molar-refractivity contribution in [1.82, 2.24) is 10.2 Å². The van der Waals surface area contributed by atoms with Crippen LogP contribution in [0.25, 0.3) is 0 Å². The Morgan fingerprint density at radius 2 is 1.62 bits per heavy atom. The van der Waals surface area contributed by atoms with E-state index in [1.54, 1.807) is 30.0 Å². The first kappa shape index (κ1) is 33.6. The van der Waals surface area contributed by atoms with Crippen molar-refractivity contribution in [2.24, 2.45) is 5.92 Å². The average molecular weight is 677 g/mol. The maximum Gasteiger partial charge on any atom is 0.243 e. The summed E-state index contributed by atoms with van der Waals surface area (Å²) in [5.74, 6) is -0.195. The summed E-state index contributed by atoms with van der Waals surface area (Å²) in [7, 11) is -3.63. The number of hydrogen-bond donors (Lipinski definition) is 1. The number of amides is 2. The highest BCUT2D eigenvalue weighted by atomic mass is 79.9. The molecule has 0 aromatic heterocycles. The second kappa shape index (κ2) is 15.5. The second-order valence-electron chi connectivity index (χ2n) is 10.8. The van der Waals surface area contributed by atoms with Gasteiger partial charge in [0, 0.05) is 42.0 Å². The number of benzene rings is 3. The molecule has 0 unspecified atom stereocenters. The summed E-state index contributed by atoms with van der Waals surface area (Å²) in [4.78, 5) is 29.1. The van der Waals surface area contributed by atoms with Crippen LogP contribution in [0.2, 0.25) is 5.02 Å². The summed E-state index contributed by atoms with van der Waals surface area (Å²) >= 11 is 9.73. The Morgan fingerprint density at radius 3 is 2.24 bits per heavy atom. The van der Waals surface area contributed by atoms with Crippen molar-refractivity contribution >= 4 is 55.1 Å². The van der Waals surface area contributed by atoms with Gasteiger partial charge in [0.1, 0.15) is 6.04 Å². The van der Waals surface area contributed by atoms with Gasteiger partial charge in [-0.05, 0) is 60.2 Å². The first-order chi connectivity index (χ1) is 19.9. The van der Waals surface area contributed by atoms with Crippen LogP contribution < -0.4 is 9.62 Å². The fraction of sp³-hybridized carbons (Fsp3) is 0.375. The second-order valence-corrected chi connectivity index (χ2v) is 14.0. The summed E-state index contributed by atoms with van der Waals surface area (Å²) in [5, 5.41) is 3.49. The van der Waals surface area contributed by atoms with E-state index in [9.17, 15) is 18.0 Å². The summed E-state index contributed by atoms with van der Waals surface area (Å²) in [6, 6.07) is 21.7. The maximum atomic E-state index is 13.9. The largest absolute Gasteiger partial charge is 0.354 e. The van der Waals surface area contributed by atoms with Crippen LogP contribution in [0.15, 0.2) is 77.3 Å². The van der Waals surface area contributed by atoms with Gasteiger partial charge in [0.15, 0.2) is 0 Å². The number of rotatable bonds is 14. The molecule has 3 aromatic carbocycles. The van der Waals surface area contributed by atoms with Crippen molar-refractivity contribution in [3.8, 4) is 0 Å². The van der Waals surface area contributed by atoms with Gasteiger partial charge in [-0.25, -0.2) is 8.42 Å². The first-order valence-corrected chi connectivity index (χ1v) is 17.0. The lowest BCUT2D eigenvalue weighted by atomic mass is 10.0. The van der Waals surface area contributed by atoms with Gasteiger partial charge in [-0.1, -0.05) is 89.9 Å². The van der Waals surface area contributed by atoms with E-state index in [-0.39, 0.29) is 43.7 Å². The lowest BCUT2D eigenvalue weighted by Gasteiger charge is -2.32. The van der Waals surface area contributed by atoms with Gasteiger partial charge in [-0.15, -0.1) is 0 Å². The summed E-state index contributed by atoms with van der Waals surface area (Å²) in [6.45, 7) is 6.64. The van der Waals surface area contributed by atoms with Crippen LogP contribution in [-0.2, 0) is 32.6 Å². The monoisotopic (exact) mass is 675 g/mol. The quantitative estimate of drug-likeness (QED) is 0.215. The SMILES string of the molecule is Cc1c(Cl)cccc1N(CCCC(=O)N(Cc1ccc(Br)cc1)[C@@H](Cc1ccccc1)C(=O)NCC(C)C)S(C)(=O)=O. The molecule has 7 nitrogen and oxygen atoms in total. The Balaban J connectivity index is 1.89. The fourth-order valence-electron chi connectivity index (χ4n) is 4.61. The molecule has 0 fully saturated rings. The van der Waals surface area contributed by atoms with Crippen molar-refractivity contribution < 1.29 is 18.0 Å². The van der Waals surface area contributed by atoms with E-state index in [1.807, 2.05) is 68.4 Å². The molecule has 1 atom stereocenters. The fourth-order valence-corrected chi connectivity index (χ4v) is 6.06. The molecule has 0 heterocycles. The number of nitrogens with zero attached hydrogens (tertiary/aromatic N) is 2. The molecule has 3 aromatic rings. The van der Waals surface area contributed by atoms with Gasteiger partial charge >= 0.3 is 0 Å². The van der Waals surface area contributed by atoms with Gasteiger partial charge < -0.3 is 10.2 Å². The minimum absolute atomic E-state index is 0.0604. The van der Waals surface area contributed by atoms with Gasteiger partial charge in [0.05, 0.1) is 11.9 Å². The molecule has 0 bridgehead atoms. The zero-order chi connectivity index (χ0) is 30.9. The van der Waals surface area contributed by atoms with Crippen LogP contribution in [0.3, 0.4) is 0 Å². The molecule has 0 aliphatic rings. The van der Waals surface area contributed by atoms with Crippen LogP contribution in [0.5, 0.6) is 0 Å². The lowest BCUT2D eigenvalue weighted by Crippen LogP contribution is -2.51. The van der Waals surface area contributed by atoms with Gasteiger partial charge in [0.25, 0.3) is 0 Å². The Bertz CT molecular complexity index is 1450. The average Bonchev–Trinajstić information content (AvgIpc) is 2.94. The number of hydrogen-bond acceptors (Lipinski definition) is 4. The van der Waals surface area contributed by atoms with Crippen molar-refractivity contribution in [3.05, 3.63) is 99.0 Å². The van der Waals surface area contributed by atoms with Crippen molar-refractivity contribution in [3.63, 3.8) is 0 Å². The molecule has 226 valence electrons. The molecule has 0 saturated heterocycles. The number of nitrogens with one attached hydrogen (secondary N) is 1. The molecule has 3 rings (SSSR count). The zero-order valence-corrected chi connectivity index (χ0v) is 27.7. The number of carbonyl (C=O) groups is 2. The number of halogens is 2. The predicted molar refractivity (Wildman–Crippen MR) is 174 cm³/mol. The van der Waals surface area contributed by atoms with Gasteiger partial charge in [-0.2, -0.15) is 0 Å². The Hall–Kier alpha value is -2.88. The zero-order valence-electron chi connectivity index (χ0n) is 24.5. The Labute approximate surface area is 263 Å². The number of carbonyl (C=O) groups excluding carboxylic acids is 2. The Kier molecular flexibility index (Phi) is 12.4. The summed E-state index contributed by atoms with van der Waals surface area (Å²) in [6.07, 6.45) is 1.82.